The number of benzene rings is 2. The van der Waals surface area contributed by atoms with Gasteiger partial charge in [0.2, 0.25) is 21.8 Å². The molecule has 0 radical (unpaired) electrons. The number of hydrogen-bond acceptors (Lipinski definition) is 5. The third kappa shape index (κ3) is 8.86. The monoisotopic (exact) mass is 577 g/mol. The van der Waals surface area contributed by atoms with E-state index in [9.17, 15) is 18.0 Å². The summed E-state index contributed by atoms with van der Waals surface area (Å²) in [4.78, 5) is 28.5. The van der Waals surface area contributed by atoms with Gasteiger partial charge in [-0.1, -0.05) is 55.6 Å². The highest BCUT2D eigenvalue weighted by Crippen LogP contribution is 2.30. The van der Waals surface area contributed by atoms with Gasteiger partial charge < -0.3 is 15.0 Å². The van der Waals surface area contributed by atoms with Crippen molar-refractivity contribution in [2.24, 2.45) is 0 Å². The molecule has 2 aromatic rings. The first-order valence-corrected chi connectivity index (χ1v) is 15.9. The molecular formula is C29H40ClN3O5S. The molecule has 0 bridgehead atoms. The van der Waals surface area contributed by atoms with Crippen LogP contribution in [-0.4, -0.2) is 56.6 Å². The van der Waals surface area contributed by atoms with Crippen LogP contribution in [-0.2, 0) is 26.2 Å². The maximum absolute atomic E-state index is 13.6. The Hall–Kier alpha value is -2.78. The number of nitrogens with one attached hydrogen (secondary N) is 1. The van der Waals surface area contributed by atoms with Crippen molar-refractivity contribution in [2.75, 3.05) is 23.7 Å². The van der Waals surface area contributed by atoms with E-state index < -0.39 is 16.1 Å². The lowest BCUT2D eigenvalue weighted by Crippen LogP contribution is -2.51. The van der Waals surface area contributed by atoms with E-state index in [-0.39, 0.29) is 43.8 Å². The van der Waals surface area contributed by atoms with Crippen LogP contribution in [0.5, 0.6) is 5.75 Å². The minimum atomic E-state index is -3.63. The number of carbonyl (C=O) groups is 2. The smallest absolute Gasteiger partial charge is 0.243 e. The molecule has 1 saturated carbocycles. The van der Waals surface area contributed by atoms with Gasteiger partial charge in [0, 0.05) is 30.6 Å². The van der Waals surface area contributed by atoms with Crippen LogP contribution in [0.15, 0.2) is 48.5 Å². The van der Waals surface area contributed by atoms with Gasteiger partial charge >= 0.3 is 0 Å². The Kier molecular flexibility index (Phi) is 11.5. The molecule has 214 valence electrons. The summed E-state index contributed by atoms with van der Waals surface area (Å²) in [6.45, 7) is 4.50. The highest BCUT2D eigenvalue weighted by atomic mass is 35.5. The molecule has 1 aliphatic rings. The highest BCUT2D eigenvalue weighted by molar-refractivity contribution is 7.92. The number of hydrogen-bond donors (Lipinski definition) is 1. The van der Waals surface area contributed by atoms with Gasteiger partial charge in [-0.15, -0.1) is 0 Å². The minimum absolute atomic E-state index is 0.0869. The number of anilines is 1. The Bertz CT molecular complexity index is 1200. The van der Waals surface area contributed by atoms with Gasteiger partial charge in [0.1, 0.15) is 11.8 Å². The average Bonchev–Trinajstić information content (AvgIpc) is 3.40. The first-order chi connectivity index (χ1) is 18.6. The van der Waals surface area contributed by atoms with E-state index in [1.165, 1.54) is 4.31 Å². The van der Waals surface area contributed by atoms with Gasteiger partial charge in [0.05, 0.1) is 18.6 Å². The van der Waals surface area contributed by atoms with Crippen molar-refractivity contribution in [3.63, 3.8) is 0 Å². The van der Waals surface area contributed by atoms with Crippen LogP contribution in [0.25, 0.3) is 0 Å². The van der Waals surface area contributed by atoms with Crippen molar-refractivity contribution in [2.45, 2.75) is 77.4 Å². The van der Waals surface area contributed by atoms with Gasteiger partial charge in [0.25, 0.3) is 0 Å². The highest BCUT2D eigenvalue weighted by Gasteiger charge is 2.31. The zero-order valence-electron chi connectivity index (χ0n) is 23.1. The molecule has 1 aliphatic carbocycles. The van der Waals surface area contributed by atoms with E-state index >= 15 is 0 Å². The van der Waals surface area contributed by atoms with Gasteiger partial charge in [-0.25, -0.2) is 8.42 Å². The molecule has 3 rings (SSSR count). The van der Waals surface area contributed by atoms with E-state index in [0.717, 1.165) is 37.5 Å². The lowest BCUT2D eigenvalue weighted by molar-refractivity contribution is -0.141. The molecule has 1 atom stereocenters. The van der Waals surface area contributed by atoms with Gasteiger partial charge in [0.15, 0.2) is 0 Å². The molecule has 0 unspecified atom stereocenters. The Morgan fingerprint density at radius 2 is 1.74 bits per heavy atom. The van der Waals surface area contributed by atoms with Crippen LogP contribution < -0.4 is 14.4 Å². The lowest BCUT2D eigenvalue weighted by atomic mass is 10.1. The molecule has 1 fully saturated rings. The predicted molar refractivity (Wildman–Crippen MR) is 156 cm³/mol. The van der Waals surface area contributed by atoms with Crippen LogP contribution in [0, 0.1) is 0 Å². The van der Waals surface area contributed by atoms with Crippen molar-refractivity contribution in [3.8, 4) is 5.75 Å². The second-order valence-corrected chi connectivity index (χ2v) is 12.2. The summed E-state index contributed by atoms with van der Waals surface area (Å²) in [7, 11) is -3.63. The molecule has 0 aliphatic heterocycles. The number of rotatable bonds is 14. The molecule has 10 heteroatoms. The summed E-state index contributed by atoms with van der Waals surface area (Å²) in [5.41, 5.74) is 1.30. The SMILES string of the molecule is CCOc1ccccc1N(CCCC(=O)N(Cc1ccc(Cl)cc1)[C@H](CC)C(=O)NC1CCCC1)S(C)(=O)=O. The second-order valence-electron chi connectivity index (χ2n) is 9.90. The number of carbonyl (C=O) groups excluding carboxylic acids is 2. The Labute approximate surface area is 237 Å². The number of para-hydroxylation sites is 2. The molecule has 39 heavy (non-hydrogen) atoms. The summed E-state index contributed by atoms with van der Waals surface area (Å²) in [6, 6.07) is 13.7. The van der Waals surface area contributed by atoms with Crippen molar-refractivity contribution in [1.29, 1.82) is 0 Å². The van der Waals surface area contributed by atoms with Gasteiger partial charge in [-0.2, -0.15) is 0 Å². The third-order valence-corrected chi connectivity index (χ3v) is 8.37. The molecule has 2 aromatic carbocycles. The molecular weight excluding hydrogens is 538 g/mol. The normalized spacial score (nSPS) is 14.6. The fourth-order valence-electron chi connectivity index (χ4n) is 5.00. The standard InChI is InChI=1S/C29H40ClN3O5S/c1-4-25(29(35)31-24-11-6-7-12-24)32(21-22-16-18-23(30)19-17-22)28(34)15-10-20-33(39(3,36)37)26-13-8-9-14-27(26)38-5-2/h8-9,13-14,16-19,24-25H,4-7,10-12,15,20-21H2,1-3H3,(H,31,35)/t25-/m1/s1. The largest absolute Gasteiger partial charge is 0.492 e. The zero-order valence-corrected chi connectivity index (χ0v) is 24.6. The van der Waals surface area contributed by atoms with E-state index in [4.69, 9.17) is 16.3 Å². The minimum Gasteiger partial charge on any atom is -0.492 e. The van der Waals surface area contributed by atoms with Gasteiger partial charge in [-0.3, -0.25) is 13.9 Å². The number of ether oxygens (including phenoxy) is 1. The third-order valence-electron chi connectivity index (χ3n) is 6.94. The van der Waals surface area contributed by atoms with Crippen LogP contribution in [0.1, 0.15) is 64.4 Å². The fourth-order valence-corrected chi connectivity index (χ4v) is 6.09. The topological polar surface area (TPSA) is 96.0 Å². The first-order valence-electron chi connectivity index (χ1n) is 13.7. The van der Waals surface area contributed by atoms with E-state index in [0.29, 0.717) is 29.5 Å². The van der Waals surface area contributed by atoms with Crippen LogP contribution in [0.4, 0.5) is 5.69 Å². The lowest BCUT2D eigenvalue weighted by Gasteiger charge is -2.32. The summed E-state index contributed by atoms with van der Waals surface area (Å²) in [5.74, 6) is 0.121. The number of amides is 2. The quantitative estimate of drug-likeness (QED) is 0.335. The molecule has 0 heterocycles. The van der Waals surface area contributed by atoms with E-state index in [1.54, 1.807) is 41.3 Å². The predicted octanol–water partition coefficient (Wildman–Crippen LogP) is 5.15. The number of sulfonamides is 1. The maximum atomic E-state index is 13.6. The summed E-state index contributed by atoms with van der Waals surface area (Å²) in [5, 5.41) is 3.73. The second kappa shape index (κ2) is 14.6. The Morgan fingerprint density at radius 1 is 1.08 bits per heavy atom. The Morgan fingerprint density at radius 3 is 2.36 bits per heavy atom. The Balaban J connectivity index is 1.77. The number of nitrogens with zero attached hydrogens (tertiary/aromatic N) is 2. The molecule has 8 nitrogen and oxygen atoms in total. The molecule has 0 aromatic heterocycles. The molecule has 1 N–H and O–H groups in total. The maximum Gasteiger partial charge on any atom is 0.243 e. The van der Waals surface area contributed by atoms with Crippen molar-refractivity contribution < 1.29 is 22.7 Å². The zero-order chi connectivity index (χ0) is 28.4. The number of halogens is 1. The van der Waals surface area contributed by atoms with Crippen molar-refractivity contribution in [1.82, 2.24) is 10.2 Å². The van der Waals surface area contributed by atoms with E-state index in [2.05, 4.69) is 5.32 Å². The van der Waals surface area contributed by atoms with Gasteiger partial charge in [-0.05, 0) is 62.4 Å². The fraction of sp³-hybridized carbons (Fsp3) is 0.517. The van der Waals surface area contributed by atoms with Crippen LogP contribution in [0.2, 0.25) is 5.02 Å². The molecule has 0 saturated heterocycles. The van der Waals surface area contributed by atoms with E-state index in [1.807, 2.05) is 26.0 Å². The van der Waals surface area contributed by atoms with Crippen LogP contribution >= 0.6 is 11.6 Å². The summed E-state index contributed by atoms with van der Waals surface area (Å²) >= 11 is 6.06. The van der Waals surface area contributed by atoms with Crippen molar-refractivity contribution in [3.05, 3.63) is 59.1 Å². The van der Waals surface area contributed by atoms with Crippen LogP contribution in [0.3, 0.4) is 0 Å². The first kappa shape index (κ1) is 30.8. The summed E-state index contributed by atoms with van der Waals surface area (Å²) < 4.78 is 32.3. The summed E-state index contributed by atoms with van der Waals surface area (Å²) in [6.07, 6.45) is 6.08. The average molecular weight is 578 g/mol. The van der Waals surface area contributed by atoms with Crippen molar-refractivity contribution >= 4 is 39.1 Å². The molecule has 2 amide bonds. The molecule has 0 spiro atoms.